The fourth-order valence-corrected chi connectivity index (χ4v) is 3.98. The first kappa shape index (κ1) is 20.9. The van der Waals surface area contributed by atoms with Crippen molar-refractivity contribution in [3.63, 3.8) is 0 Å². The number of benzene rings is 3. The van der Waals surface area contributed by atoms with E-state index in [0.29, 0.717) is 6.42 Å². The molecule has 4 rings (SSSR count). The highest BCUT2D eigenvalue weighted by molar-refractivity contribution is 9.10. The van der Waals surface area contributed by atoms with Crippen molar-refractivity contribution in [2.45, 2.75) is 19.4 Å². The second kappa shape index (κ2) is 8.78. The Kier molecular flexibility index (Phi) is 5.91. The average Bonchev–Trinajstić information content (AvgIpc) is 3.16. The maximum absolute atomic E-state index is 12.3. The van der Waals surface area contributed by atoms with Gasteiger partial charge in [0.25, 0.3) is 0 Å². The zero-order valence-electron chi connectivity index (χ0n) is 16.9. The Bertz CT molecular complexity index is 1200. The fraction of sp³-hybridized carbons (Fsp3) is 0.120. The molecule has 31 heavy (non-hydrogen) atoms. The molecule has 0 aliphatic heterocycles. The molecule has 0 amide bonds. The van der Waals surface area contributed by atoms with Crippen LogP contribution in [0.1, 0.15) is 24.1 Å². The van der Waals surface area contributed by atoms with Gasteiger partial charge in [-0.15, -0.1) is 0 Å². The van der Waals surface area contributed by atoms with Crippen LogP contribution in [0.4, 0.5) is 0 Å². The summed E-state index contributed by atoms with van der Waals surface area (Å²) in [5.41, 5.74) is 5.10. The van der Waals surface area contributed by atoms with E-state index in [1.165, 1.54) is 0 Å². The molecule has 0 saturated heterocycles. The van der Waals surface area contributed by atoms with Gasteiger partial charge in [0.2, 0.25) is 0 Å². The zero-order chi connectivity index (χ0) is 22.0. The molecule has 6 heteroatoms. The molecule has 0 aliphatic carbocycles. The summed E-state index contributed by atoms with van der Waals surface area (Å²) in [7, 11) is 0. The van der Waals surface area contributed by atoms with Crippen molar-refractivity contribution in [1.82, 2.24) is 9.78 Å². The van der Waals surface area contributed by atoms with Crippen LogP contribution in [0.15, 0.2) is 77.3 Å². The van der Waals surface area contributed by atoms with Gasteiger partial charge in [-0.2, -0.15) is 5.10 Å². The van der Waals surface area contributed by atoms with E-state index in [4.69, 9.17) is 5.10 Å². The summed E-state index contributed by atoms with van der Waals surface area (Å²) in [5, 5.41) is 24.3. The smallest absolute Gasteiger partial charge is 0.149 e. The van der Waals surface area contributed by atoms with Crippen molar-refractivity contribution in [3.05, 3.63) is 88.4 Å². The van der Waals surface area contributed by atoms with Crippen LogP contribution in [0.2, 0.25) is 0 Å². The van der Waals surface area contributed by atoms with Crippen LogP contribution in [0.5, 0.6) is 11.5 Å². The summed E-state index contributed by atoms with van der Waals surface area (Å²) in [4.78, 5) is 12.3. The Labute approximate surface area is 188 Å². The lowest BCUT2D eigenvalue weighted by Crippen LogP contribution is -2.15. The van der Waals surface area contributed by atoms with E-state index in [0.717, 1.165) is 44.4 Å². The second-order valence-electron chi connectivity index (χ2n) is 7.20. The first-order valence-corrected chi connectivity index (χ1v) is 10.7. The molecular weight excluding hydrogens is 456 g/mol. The minimum Gasteiger partial charge on any atom is -0.508 e. The highest BCUT2D eigenvalue weighted by Crippen LogP contribution is 2.37. The molecule has 2 N–H and O–H groups in total. The van der Waals surface area contributed by atoms with Crippen molar-refractivity contribution in [1.29, 1.82) is 0 Å². The standard InChI is InChI=1S/C25H21BrN2O3/c1-2-22-24(17-5-11-20(30)12-6-17)27-28(25(22)18-7-13-21(31)14-8-18)23(15-29)16-3-9-19(26)10-4-16/h3-15,23,30-31H,2H2,1H3. The average molecular weight is 477 g/mol. The number of aldehydes is 1. The molecule has 4 aromatic rings. The Hall–Kier alpha value is -3.38. The molecule has 1 atom stereocenters. The van der Waals surface area contributed by atoms with Gasteiger partial charge in [0, 0.05) is 21.2 Å². The number of carbonyl (C=O) groups excluding carboxylic acids is 1. The molecule has 0 spiro atoms. The highest BCUT2D eigenvalue weighted by Gasteiger charge is 2.25. The van der Waals surface area contributed by atoms with Crippen LogP contribution in [-0.2, 0) is 11.2 Å². The van der Waals surface area contributed by atoms with Gasteiger partial charge >= 0.3 is 0 Å². The summed E-state index contributed by atoms with van der Waals surface area (Å²) in [6, 6.07) is 20.8. The van der Waals surface area contributed by atoms with Gasteiger partial charge < -0.3 is 15.0 Å². The van der Waals surface area contributed by atoms with E-state index in [-0.39, 0.29) is 11.5 Å². The summed E-state index contributed by atoms with van der Waals surface area (Å²) in [6.07, 6.45) is 1.58. The largest absolute Gasteiger partial charge is 0.508 e. The zero-order valence-corrected chi connectivity index (χ0v) is 18.5. The fourth-order valence-electron chi connectivity index (χ4n) is 3.72. The number of carbonyl (C=O) groups is 1. The Morgan fingerprint density at radius 3 is 1.97 bits per heavy atom. The molecular formula is C25H21BrN2O3. The van der Waals surface area contributed by atoms with E-state index < -0.39 is 6.04 Å². The first-order valence-electron chi connectivity index (χ1n) is 9.92. The second-order valence-corrected chi connectivity index (χ2v) is 8.12. The SMILES string of the molecule is CCc1c(-c2ccc(O)cc2)nn(C(C=O)c2ccc(Br)cc2)c1-c1ccc(O)cc1. The molecule has 1 aromatic heterocycles. The molecule has 0 saturated carbocycles. The number of phenolic OH excluding ortho intramolecular Hbond substituents is 2. The predicted molar refractivity (Wildman–Crippen MR) is 124 cm³/mol. The van der Waals surface area contributed by atoms with Crippen molar-refractivity contribution in [2.24, 2.45) is 0 Å². The maximum Gasteiger partial charge on any atom is 0.149 e. The third-order valence-electron chi connectivity index (χ3n) is 5.25. The minimum absolute atomic E-state index is 0.173. The summed E-state index contributed by atoms with van der Waals surface area (Å²) < 4.78 is 2.68. The molecule has 1 unspecified atom stereocenters. The molecule has 156 valence electrons. The molecule has 1 heterocycles. The highest BCUT2D eigenvalue weighted by atomic mass is 79.9. The number of hydrogen-bond donors (Lipinski definition) is 2. The van der Waals surface area contributed by atoms with E-state index >= 15 is 0 Å². The van der Waals surface area contributed by atoms with Gasteiger partial charge in [-0.05, 0) is 72.6 Å². The monoisotopic (exact) mass is 476 g/mol. The number of halogens is 1. The Balaban J connectivity index is 1.97. The normalized spacial score (nSPS) is 11.9. The van der Waals surface area contributed by atoms with E-state index in [1.807, 2.05) is 55.5 Å². The molecule has 0 bridgehead atoms. The van der Waals surface area contributed by atoms with Crippen LogP contribution < -0.4 is 0 Å². The van der Waals surface area contributed by atoms with Gasteiger partial charge in [-0.3, -0.25) is 0 Å². The molecule has 0 fully saturated rings. The van der Waals surface area contributed by atoms with Gasteiger partial charge in [0.05, 0.1) is 11.4 Å². The third-order valence-corrected chi connectivity index (χ3v) is 5.78. The molecule has 3 aromatic carbocycles. The molecule has 0 aliphatic rings. The first-order chi connectivity index (χ1) is 15.0. The lowest BCUT2D eigenvalue weighted by molar-refractivity contribution is -0.109. The van der Waals surface area contributed by atoms with Crippen LogP contribution in [0, 0.1) is 0 Å². The number of hydrogen-bond acceptors (Lipinski definition) is 4. The number of aromatic nitrogens is 2. The van der Waals surface area contributed by atoms with Gasteiger partial charge in [-0.25, -0.2) is 4.68 Å². The Morgan fingerprint density at radius 1 is 0.903 bits per heavy atom. The van der Waals surface area contributed by atoms with Crippen molar-refractivity contribution >= 4 is 22.2 Å². The van der Waals surface area contributed by atoms with E-state index in [9.17, 15) is 15.0 Å². The summed E-state index contributed by atoms with van der Waals surface area (Å²) >= 11 is 3.44. The lowest BCUT2D eigenvalue weighted by Gasteiger charge is -2.16. The van der Waals surface area contributed by atoms with Gasteiger partial charge in [0.1, 0.15) is 23.8 Å². The van der Waals surface area contributed by atoms with Gasteiger partial charge in [0.15, 0.2) is 0 Å². The number of phenols is 2. The van der Waals surface area contributed by atoms with Gasteiger partial charge in [-0.1, -0.05) is 35.0 Å². The van der Waals surface area contributed by atoms with Crippen LogP contribution >= 0.6 is 15.9 Å². The quantitative estimate of drug-likeness (QED) is 0.347. The summed E-state index contributed by atoms with van der Waals surface area (Å²) in [6.45, 7) is 2.05. The van der Waals surface area contributed by atoms with Crippen molar-refractivity contribution in [2.75, 3.05) is 0 Å². The summed E-state index contributed by atoms with van der Waals surface area (Å²) in [5.74, 6) is 0.354. The van der Waals surface area contributed by atoms with Crippen LogP contribution in [0.3, 0.4) is 0 Å². The lowest BCUT2D eigenvalue weighted by atomic mass is 9.99. The van der Waals surface area contributed by atoms with Crippen molar-refractivity contribution < 1.29 is 15.0 Å². The number of nitrogens with zero attached hydrogens (tertiary/aromatic N) is 2. The minimum atomic E-state index is -0.618. The number of rotatable bonds is 6. The molecule has 5 nitrogen and oxygen atoms in total. The maximum atomic E-state index is 12.3. The number of aromatic hydroxyl groups is 2. The topological polar surface area (TPSA) is 75.4 Å². The van der Waals surface area contributed by atoms with E-state index in [2.05, 4.69) is 15.9 Å². The van der Waals surface area contributed by atoms with Crippen LogP contribution in [0.25, 0.3) is 22.5 Å². The predicted octanol–water partition coefficient (Wildman–Crippen LogP) is 5.74. The van der Waals surface area contributed by atoms with Crippen LogP contribution in [-0.4, -0.2) is 26.3 Å². The third kappa shape index (κ3) is 4.11. The Morgan fingerprint density at radius 2 is 1.45 bits per heavy atom. The molecule has 0 radical (unpaired) electrons. The van der Waals surface area contributed by atoms with Crippen molar-refractivity contribution in [3.8, 4) is 34.0 Å². The van der Waals surface area contributed by atoms with E-state index in [1.54, 1.807) is 28.9 Å².